The van der Waals surface area contributed by atoms with Gasteiger partial charge in [-0.25, -0.2) is 19.3 Å². The number of hydroxylamine groups is 2. The minimum atomic E-state index is -1.14. The number of fused-ring (bicyclic) bond motifs is 2. The number of rotatable bonds is 5. The van der Waals surface area contributed by atoms with E-state index in [9.17, 15) is 14.8 Å². The summed E-state index contributed by atoms with van der Waals surface area (Å²) in [7, 11) is 1.68. The van der Waals surface area contributed by atoms with Gasteiger partial charge in [0.1, 0.15) is 17.7 Å². The largest absolute Gasteiger partial charge is 0.489 e. The van der Waals surface area contributed by atoms with E-state index in [1.165, 1.54) is 23.3 Å². The third-order valence-electron chi connectivity index (χ3n) is 5.96. The first-order chi connectivity index (χ1) is 15.8. The fourth-order valence-electron chi connectivity index (χ4n) is 4.44. The Morgan fingerprint density at radius 2 is 2.18 bits per heavy atom. The summed E-state index contributed by atoms with van der Waals surface area (Å²) in [6, 6.07) is 11.6. The average molecular weight is 451 g/mol. The molecule has 3 unspecified atom stereocenters. The van der Waals surface area contributed by atoms with Crippen molar-refractivity contribution in [2.24, 2.45) is 16.6 Å². The van der Waals surface area contributed by atoms with Crippen LogP contribution in [0, 0.1) is 23.1 Å². The van der Waals surface area contributed by atoms with Gasteiger partial charge in [0.05, 0.1) is 17.2 Å². The Hall–Kier alpha value is -3.41. The molecule has 2 aromatic carbocycles. The quantitative estimate of drug-likeness (QED) is 0.671. The lowest BCUT2D eigenvalue weighted by Crippen LogP contribution is -2.42. The smallest absolute Gasteiger partial charge is 0.221 e. The van der Waals surface area contributed by atoms with Crippen molar-refractivity contribution in [1.82, 2.24) is 5.06 Å². The lowest BCUT2D eigenvalue weighted by Gasteiger charge is -2.39. The van der Waals surface area contributed by atoms with Crippen LogP contribution in [0.2, 0.25) is 0 Å². The SMILES string of the molecule is CC(C)=CC(CCO)C1CC2(N=C(N)N(C)O2)c2cc(-c3cc(C#N)ccc3F)ccc2O1. The Balaban J connectivity index is 1.83. The maximum Gasteiger partial charge on any atom is 0.221 e. The monoisotopic (exact) mass is 450 g/mol. The zero-order chi connectivity index (χ0) is 23.8. The Labute approximate surface area is 192 Å². The summed E-state index contributed by atoms with van der Waals surface area (Å²) in [4.78, 5) is 10.8. The number of halogens is 1. The van der Waals surface area contributed by atoms with Crippen LogP contribution < -0.4 is 10.5 Å². The molecule has 2 aliphatic rings. The summed E-state index contributed by atoms with van der Waals surface area (Å²) >= 11 is 0. The number of aliphatic imine (C=N–C) groups is 1. The van der Waals surface area contributed by atoms with Crippen LogP contribution in [0.5, 0.6) is 5.75 Å². The summed E-state index contributed by atoms with van der Waals surface area (Å²) in [6.45, 7) is 4.03. The first-order valence-corrected chi connectivity index (χ1v) is 10.8. The zero-order valence-electron chi connectivity index (χ0n) is 18.9. The lowest BCUT2D eigenvalue weighted by atomic mass is 9.84. The number of hydrogen-bond donors (Lipinski definition) is 2. The van der Waals surface area contributed by atoms with Gasteiger partial charge in [-0.3, -0.25) is 0 Å². The molecule has 0 bridgehead atoms. The molecule has 0 aliphatic carbocycles. The Kier molecular flexibility index (Phi) is 6.11. The summed E-state index contributed by atoms with van der Waals surface area (Å²) in [5.41, 5.74) is 7.93. The average Bonchev–Trinajstić information content (AvgIpc) is 3.06. The Bertz CT molecular complexity index is 1170. The van der Waals surface area contributed by atoms with E-state index in [1.807, 2.05) is 19.9 Å². The van der Waals surface area contributed by atoms with Crippen molar-refractivity contribution >= 4 is 5.96 Å². The predicted molar refractivity (Wildman–Crippen MR) is 122 cm³/mol. The van der Waals surface area contributed by atoms with E-state index in [0.717, 1.165) is 5.57 Å². The highest BCUT2D eigenvalue weighted by molar-refractivity contribution is 5.79. The topological polar surface area (TPSA) is 104 Å². The van der Waals surface area contributed by atoms with Gasteiger partial charge in [0.2, 0.25) is 11.7 Å². The minimum Gasteiger partial charge on any atom is -0.489 e. The molecule has 1 spiro atoms. The normalized spacial score (nSPS) is 22.2. The molecule has 7 nitrogen and oxygen atoms in total. The summed E-state index contributed by atoms with van der Waals surface area (Å²) < 4.78 is 21.0. The molecule has 0 radical (unpaired) electrons. The van der Waals surface area contributed by atoms with Gasteiger partial charge in [0, 0.05) is 31.6 Å². The molecule has 0 saturated heterocycles. The number of guanidine groups is 1. The molecule has 3 N–H and O–H groups in total. The molecule has 33 heavy (non-hydrogen) atoms. The van der Waals surface area contributed by atoms with E-state index in [-0.39, 0.29) is 24.6 Å². The minimum absolute atomic E-state index is 0.0216. The van der Waals surface area contributed by atoms with Gasteiger partial charge < -0.3 is 15.6 Å². The van der Waals surface area contributed by atoms with Gasteiger partial charge in [-0.2, -0.15) is 5.26 Å². The van der Waals surface area contributed by atoms with Crippen LogP contribution in [0.15, 0.2) is 53.0 Å². The predicted octanol–water partition coefficient (Wildman–Crippen LogP) is 3.82. The number of benzene rings is 2. The summed E-state index contributed by atoms with van der Waals surface area (Å²) in [5.74, 6) is 0.298. The van der Waals surface area contributed by atoms with Crippen molar-refractivity contribution in [3.05, 3.63) is 65.0 Å². The van der Waals surface area contributed by atoms with E-state index < -0.39 is 11.5 Å². The third kappa shape index (κ3) is 4.30. The van der Waals surface area contributed by atoms with Crippen LogP contribution in [-0.2, 0) is 10.6 Å². The van der Waals surface area contributed by atoms with Crippen molar-refractivity contribution in [2.45, 2.75) is 38.5 Å². The third-order valence-corrected chi connectivity index (χ3v) is 5.96. The molecule has 8 heteroatoms. The molecule has 0 saturated carbocycles. The number of aliphatic hydroxyl groups is 1. The first kappa shape index (κ1) is 22.8. The summed E-state index contributed by atoms with van der Waals surface area (Å²) in [5, 5.41) is 20.3. The fraction of sp³-hybridized carbons (Fsp3) is 0.360. The Morgan fingerprint density at radius 1 is 1.39 bits per heavy atom. The summed E-state index contributed by atoms with van der Waals surface area (Å²) in [6.07, 6.45) is 2.67. The number of nitrogens with two attached hydrogens (primary N) is 1. The highest BCUT2D eigenvalue weighted by atomic mass is 19.1. The molecule has 2 aromatic rings. The second-order valence-corrected chi connectivity index (χ2v) is 8.64. The van der Waals surface area contributed by atoms with Gasteiger partial charge >= 0.3 is 0 Å². The van der Waals surface area contributed by atoms with Gasteiger partial charge in [-0.05, 0) is 56.2 Å². The number of ether oxygens (including phenoxy) is 1. The molecular weight excluding hydrogens is 423 g/mol. The number of nitrogens with zero attached hydrogens (tertiary/aromatic N) is 3. The van der Waals surface area contributed by atoms with E-state index in [4.69, 9.17) is 15.3 Å². The maximum absolute atomic E-state index is 14.6. The fourth-order valence-corrected chi connectivity index (χ4v) is 4.44. The second-order valence-electron chi connectivity index (χ2n) is 8.64. The van der Waals surface area contributed by atoms with Crippen LogP contribution in [0.3, 0.4) is 0 Å². The molecule has 2 aliphatic heterocycles. The van der Waals surface area contributed by atoms with E-state index in [1.54, 1.807) is 25.2 Å². The number of nitriles is 1. The highest BCUT2D eigenvalue weighted by Crippen LogP contribution is 2.49. The van der Waals surface area contributed by atoms with Crippen molar-refractivity contribution in [3.63, 3.8) is 0 Å². The van der Waals surface area contributed by atoms with Gasteiger partial charge in [-0.15, -0.1) is 0 Å². The molecule has 0 fully saturated rings. The van der Waals surface area contributed by atoms with E-state index >= 15 is 0 Å². The first-order valence-electron chi connectivity index (χ1n) is 10.8. The van der Waals surface area contributed by atoms with Crippen molar-refractivity contribution in [2.75, 3.05) is 13.7 Å². The van der Waals surface area contributed by atoms with Crippen LogP contribution in [0.25, 0.3) is 11.1 Å². The van der Waals surface area contributed by atoms with Gasteiger partial charge in [0.15, 0.2) is 0 Å². The number of aliphatic hydroxyl groups excluding tert-OH is 1. The number of hydrogen-bond acceptors (Lipinski definition) is 7. The van der Waals surface area contributed by atoms with Crippen molar-refractivity contribution in [1.29, 1.82) is 5.26 Å². The molecule has 172 valence electrons. The van der Waals surface area contributed by atoms with Crippen molar-refractivity contribution < 1.29 is 19.1 Å². The maximum atomic E-state index is 14.6. The lowest BCUT2D eigenvalue weighted by molar-refractivity contribution is -0.193. The second kappa shape index (κ2) is 8.85. The van der Waals surface area contributed by atoms with Crippen LogP contribution in [0.4, 0.5) is 4.39 Å². The molecule has 4 rings (SSSR count). The molecule has 0 aromatic heterocycles. The van der Waals surface area contributed by atoms with E-state index in [0.29, 0.717) is 40.8 Å². The highest BCUT2D eigenvalue weighted by Gasteiger charge is 2.50. The van der Waals surface area contributed by atoms with Crippen LogP contribution in [-0.4, -0.2) is 35.9 Å². The van der Waals surface area contributed by atoms with Crippen molar-refractivity contribution in [3.8, 4) is 22.9 Å². The zero-order valence-corrected chi connectivity index (χ0v) is 18.9. The molecule has 3 atom stereocenters. The molecular formula is C25H27FN4O3. The van der Waals surface area contributed by atoms with Gasteiger partial charge in [-0.1, -0.05) is 17.7 Å². The van der Waals surface area contributed by atoms with E-state index in [2.05, 4.69) is 11.1 Å². The molecule has 0 amide bonds. The number of allylic oxidation sites excluding steroid dienone is 1. The molecule has 2 heterocycles. The van der Waals surface area contributed by atoms with Crippen LogP contribution >= 0.6 is 0 Å². The van der Waals surface area contributed by atoms with Gasteiger partial charge in [0.25, 0.3) is 0 Å². The standard InChI is InChI=1S/C25H27FN4O3/c1-15(2)10-18(8-9-31)23-13-25(29-24(28)30(3)33-25)20-12-17(5-7-22(20)32-23)19-11-16(14-27)4-6-21(19)26/h4-7,10-12,18,23,31H,8-9,13H2,1-3H3,(H2,28,29). The van der Waals surface area contributed by atoms with Crippen LogP contribution in [0.1, 0.15) is 37.8 Å². The Morgan fingerprint density at radius 3 is 2.82 bits per heavy atom.